The number of nitrogens with zero attached hydrogens (tertiary/aromatic N) is 2. The van der Waals surface area contributed by atoms with Gasteiger partial charge in [0.15, 0.2) is 9.84 Å². The van der Waals surface area contributed by atoms with E-state index in [-0.39, 0.29) is 48.6 Å². The van der Waals surface area contributed by atoms with E-state index in [1.807, 2.05) is 17.1 Å². The van der Waals surface area contributed by atoms with E-state index in [2.05, 4.69) is 0 Å². The van der Waals surface area contributed by atoms with Gasteiger partial charge in [-0.05, 0) is 12.8 Å². The number of ether oxygens (including phenoxy) is 1. The summed E-state index contributed by atoms with van der Waals surface area (Å²) in [5.41, 5.74) is -0.670. The minimum absolute atomic E-state index is 0.00474. The van der Waals surface area contributed by atoms with Gasteiger partial charge in [-0.25, -0.2) is 8.42 Å². The van der Waals surface area contributed by atoms with Gasteiger partial charge in [-0.3, -0.25) is 9.59 Å². The molecule has 0 aromatic heterocycles. The molecule has 4 fully saturated rings. The van der Waals surface area contributed by atoms with Crippen molar-refractivity contribution in [3.8, 4) is 0 Å². The summed E-state index contributed by atoms with van der Waals surface area (Å²) in [4.78, 5) is 30.3. The van der Waals surface area contributed by atoms with Gasteiger partial charge in [0.2, 0.25) is 11.8 Å². The zero-order valence-electron chi connectivity index (χ0n) is 16.1. The van der Waals surface area contributed by atoms with Gasteiger partial charge < -0.3 is 14.5 Å². The molecular formula is C20H28N2O5S. The highest BCUT2D eigenvalue weighted by molar-refractivity contribution is 7.91. The van der Waals surface area contributed by atoms with Gasteiger partial charge in [-0.15, -0.1) is 0 Å². The summed E-state index contributed by atoms with van der Waals surface area (Å²) < 4.78 is 29.7. The molecule has 1 saturated carbocycles. The SMILES string of the molecule is O=C([C@H]1[C@@H]2C=C[C@@]3(CN(C4CCCCCC4)C(=O)[C@H]13)O2)N1CCS(=O)(=O)CC1. The standard InChI is InChI=1S/C20H28N2O5S/c23-18(21-9-11-28(25,26)12-10-21)16-15-7-8-20(27-15)13-22(19(24)17(16)20)14-5-3-1-2-4-6-14/h7-8,14-17H,1-6,9-13H2/t15-,16-,17-,20-/m0/s1. The quantitative estimate of drug-likeness (QED) is 0.497. The maximum atomic E-state index is 13.4. The fourth-order valence-electron chi connectivity index (χ4n) is 5.83. The second-order valence-corrected chi connectivity index (χ2v) is 11.3. The lowest BCUT2D eigenvalue weighted by Crippen LogP contribution is -2.51. The van der Waals surface area contributed by atoms with Crippen molar-refractivity contribution in [3.05, 3.63) is 12.2 Å². The third kappa shape index (κ3) is 2.83. The molecule has 28 heavy (non-hydrogen) atoms. The first-order chi connectivity index (χ1) is 13.4. The average molecular weight is 409 g/mol. The van der Waals surface area contributed by atoms with Crippen molar-refractivity contribution in [2.24, 2.45) is 11.8 Å². The second-order valence-electron chi connectivity index (χ2n) is 8.99. The largest absolute Gasteiger partial charge is 0.360 e. The molecule has 3 saturated heterocycles. The van der Waals surface area contributed by atoms with E-state index < -0.39 is 27.3 Å². The molecule has 8 heteroatoms. The number of amides is 2. The van der Waals surface area contributed by atoms with Crippen LogP contribution >= 0.6 is 0 Å². The lowest BCUT2D eigenvalue weighted by atomic mass is 9.76. The third-order valence-electron chi connectivity index (χ3n) is 7.34. The Morgan fingerprint density at radius 3 is 2.46 bits per heavy atom. The van der Waals surface area contributed by atoms with Crippen LogP contribution in [-0.2, 0) is 24.2 Å². The summed E-state index contributed by atoms with van der Waals surface area (Å²) >= 11 is 0. The molecule has 5 rings (SSSR count). The number of carbonyl (C=O) groups is 2. The average Bonchev–Trinajstić information content (AvgIpc) is 3.21. The lowest BCUT2D eigenvalue weighted by molar-refractivity contribution is -0.144. The van der Waals surface area contributed by atoms with E-state index in [1.165, 1.54) is 12.8 Å². The molecule has 2 bridgehead atoms. The van der Waals surface area contributed by atoms with Crippen LogP contribution in [0.1, 0.15) is 38.5 Å². The Hall–Kier alpha value is -1.41. The molecule has 0 aromatic carbocycles. The van der Waals surface area contributed by atoms with Crippen molar-refractivity contribution < 1.29 is 22.7 Å². The molecule has 0 unspecified atom stereocenters. The maximum Gasteiger partial charge on any atom is 0.230 e. The summed E-state index contributed by atoms with van der Waals surface area (Å²) in [6.07, 6.45) is 10.4. The Balaban J connectivity index is 1.37. The number of fused-ring (bicyclic) bond motifs is 1. The smallest absolute Gasteiger partial charge is 0.230 e. The molecule has 154 valence electrons. The van der Waals surface area contributed by atoms with Crippen molar-refractivity contribution in [3.63, 3.8) is 0 Å². The highest BCUT2D eigenvalue weighted by Crippen LogP contribution is 2.53. The predicted octanol–water partition coefficient (Wildman–Crippen LogP) is 0.748. The van der Waals surface area contributed by atoms with Gasteiger partial charge in [0.1, 0.15) is 5.60 Å². The van der Waals surface area contributed by atoms with E-state index >= 15 is 0 Å². The minimum atomic E-state index is -3.05. The Kier molecular flexibility index (Phi) is 4.36. The Bertz CT molecular complexity index is 802. The molecule has 0 N–H and O–H groups in total. The first-order valence-electron chi connectivity index (χ1n) is 10.6. The zero-order valence-corrected chi connectivity index (χ0v) is 16.9. The van der Waals surface area contributed by atoms with E-state index in [0.717, 1.165) is 25.7 Å². The molecule has 4 aliphatic heterocycles. The van der Waals surface area contributed by atoms with E-state index in [9.17, 15) is 18.0 Å². The van der Waals surface area contributed by atoms with Crippen molar-refractivity contribution in [1.29, 1.82) is 0 Å². The first-order valence-corrected chi connectivity index (χ1v) is 12.4. The van der Waals surface area contributed by atoms with Gasteiger partial charge in [-0.2, -0.15) is 0 Å². The second kappa shape index (κ2) is 6.55. The molecular weight excluding hydrogens is 380 g/mol. The van der Waals surface area contributed by atoms with Crippen molar-refractivity contribution >= 4 is 21.7 Å². The van der Waals surface area contributed by atoms with Gasteiger partial charge in [0, 0.05) is 19.1 Å². The number of carbonyl (C=O) groups excluding carboxylic acids is 2. The van der Waals surface area contributed by atoms with E-state index in [0.29, 0.717) is 6.54 Å². The van der Waals surface area contributed by atoms with Crippen LogP contribution in [0.4, 0.5) is 0 Å². The molecule has 4 atom stereocenters. The third-order valence-corrected chi connectivity index (χ3v) is 8.95. The van der Waals surface area contributed by atoms with Crippen LogP contribution in [0.15, 0.2) is 12.2 Å². The fourth-order valence-corrected chi connectivity index (χ4v) is 7.03. The van der Waals surface area contributed by atoms with Crippen LogP contribution in [0.3, 0.4) is 0 Å². The lowest BCUT2D eigenvalue weighted by Gasteiger charge is -2.33. The summed E-state index contributed by atoms with van der Waals surface area (Å²) in [5, 5.41) is 0. The number of sulfone groups is 1. The monoisotopic (exact) mass is 408 g/mol. The zero-order chi connectivity index (χ0) is 19.5. The number of likely N-dealkylation sites (tertiary alicyclic amines) is 1. The maximum absolute atomic E-state index is 13.4. The first kappa shape index (κ1) is 18.6. The number of hydrogen-bond donors (Lipinski definition) is 0. The summed E-state index contributed by atoms with van der Waals surface area (Å²) in [7, 11) is -3.05. The highest BCUT2D eigenvalue weighted by Gasteiger charge is 2.67. The van der Waals surface area contributed by atoms with E-state index in [4.69, 9.17) is 4.74 Å². The van der Waals surface area contributed by atoms with Crippen LogP contribution in [-0.4, -0.2) is 78.9 Å². The minimum Gasteiger partial charge on any atom is -0.360 e. The summed E-state index contributed by atoms with van der Waals surface area (Å²) in [6, 6.07) is 0.252. The van der Waals surface area contributed by atoms with Crippen LogP contribution in [0.2, 0.25) is 0 Å². The van der Waals surface area contributed by atoms with Gasteiger partial charge in [0.25, 0.3) is 0 Å². The van der Waals surface area contributed by atoms with Crippen LogP contribution in [0, 0.1) is 11.8 Å². The predicted molar refractivity (Wildman–Crippen MR) is 102 cm³/mol. The van der Waals surface area contributed by atoms with Gasteiger partial charge in [0.05, 0.1) is 36.0 Å². The van der Waals surface area contributed by atoms with Crippen molar-refractivity contribution in [1.82, 2.24) is 9.80 Å². The van der Waals surface area contributed by atoms with Gasteiger partial charge in [-0.1, -0.05) is 37.8 Å². The molecule has 2 amide bonds. The topological polar surface area (TPSA) is 84.0 Å². The van der Waals surface area contributed by atoms with Crippen molar-refractivity contribution in [2.45, 2.75) is 56.3 Å². The van der Waals surface area contributed by atoms with Gasteiger partial charge >= 0.3 is 0 Å². The summed E-state index contributed by atoms with van der Waals surface area (Å²) in [5.74, 6) is -1.03. The summed E-state index contributed by atoms with van der Waals surface area (Å²) in [6.45, 7) is 0.981. The number of rotatable bonds is 2. The van der Waals surface area contributed by atoms with E-state index in [1.54, 1.807) is 4.90 Å². The molecule has 1 spiro atoms. The molecule has 0 aromatic rings. The number of hydrogen-bond acceptors (Lipinski definition) is 5. The molecule has 7 nitrogen and oxygen atoms in total. The molecule has 0 radical (unpaired) electrons. The molecule has 5 aliphatic rings. The Morgan fingerprint density at radius 1 is 1.11 bits per heavy atom. The fraction of sp³-hybridized carbons (Fsp3) is 0.800. The van der Waals surface area contributed by atoms with Crippen LogP contribution in [0.25, 0.3) is 0 Å². The van der Waals surface area contributed by atoms with Crippen LogP contribution < -0.4 is 0 Å². The molecule has 4 heterocycles. The van der Waals surface area contributed by atoms with Crippen molar-refractivity contribution in [2.75, 3.05) is 31.1 Å². The Morgan fingerprint density at radius 2 is 1.79 bits per heavy atom. The molecule has 1 aliphatic carbocycles. The normalized spacial score (nSPS) is 40.0. The Labute approximate surface area is 166 Å². The highest BCUT2D eigenvalue weighted by atomic mass is 32.2. The van der Waals surface area contributed by atoms with Crippen LogP contribution in [0.5, 0.6) is 0 Å².